The lowest BCUT2D eigenvalue weighted by Crippen LogP contribution is -2.23. The number of furan rings is 1. The van der Waals surface area contributed by atoms with Gasteiger partial charge in [-0.15, -0.1) is 0 Å². The molecular weight excluding hydrogens is 375 g/mol. The third kappa shape index (κ3) is 6.21. The highest BCUT2D eigenvalue weighted by Crippen LogP contribution is 2.15. The molecule has 7 heteroatoms. The van der Waals surface area contributed by atoms with Gasteiger partial charge in [0, 0.05) is 18.7 Å². The van der Waals surface area contributed by atoms with Gasteiger partial charge in [-0.2, -0.15) is 0 Å². The Hall–Kier alpha value is -3.61. The molecule has 3 aromatic rings. The molecule has 0 spiro atoms. The van der Waals surface area contributed by atoms with Gasteiger partial charge < -0.3 is 19.8 Å². The second kappa shape index (κ2) is 10.1. The molecule has 2 amide bonds. The average Bonchev–Trinajstić information content (AvgIpc) is 3.27. The number of hydrogen-bond donors (Lipinski definition) is 2. The summed E-state index contributed by atoms with van der Waals surface area (Å²) in [6, 6.07) is 16.5. The van der Waals surface area contributed by atoms with Crippen molar-refractivity contribution in [2.75, 3.05) is 11.9 Å². The van der Waals surface area contributed by atoms with E-state index in [0.29, 0.717) is 18.7 Å². The minimum atomic E-state index is -0.416. The smallest absolute Gasteiger partial charge is 0.291 e. The third-order valence-corrected chi connectivity index (χ3v) is 4.09. The van der Waals surface area contributed by atoms with Gasteiger partial charge >= 0.3 is 0 Å². The maximum atomic E-state index is 13.4. The fourth-order valence-corrected chi connectivity index (χ4v) is 2.57. The summed E-state index contributed by atoms with van der Waals surface area (Å²) >= 11 is 0. The summed E-state index contributed by atoms with van der Waals surface area (Å²) in [7, 11) is 0. The van der Waals surface area contributed by atoms with Crippen molar-refractivity contribution >= 4 is 17.5 Å². The van der Waals surface area contributed by atoms with Gasteiger partial charge in [-0.1, -0.05) is 24.3 Å². The summed E-state index contributed by atoms with van der Waals surface area (Å²) in [5.41, 5.74) is 1.53. The summed E-state index contributed by atoms with van der Waals surface area (Å²) in [5.74, 6) is -0.431. The largest absolute Gasteiger partial charge is 0.491 e. The van der Waals surface area contributed by atoms with Crippen LogP contribution in [0.4, 0.5) is 10.1 Å². The van der Waals surface area contributed by atoms with Crippen LogP contribution in [-0.4, -0.2) is 18.4 Å². The van der Waals surface area contributed by atoms with E-state index in [9.17, 15) is 14.0 Å². The molecule has 0 aliphatic rings. The van der Waals surface area contributed by atoms with E-state index in [1.165, 1.54) is 12.3 Å². The average molecular weight is 396 g/mol. The highest BCUT2D eigenvalue weighted by Gasteiger charge is 2.08. The van der Waals surface area contributed by atoms with Crippen molar-refractivity contribution in [3.05, 3.63) is 84.1 Å². The second-order valence-electron chi connectivity index (χ2n) is 6.29. The summed E-state index contributed by atoms with van der Waals surface area (Å²) in [6.07, 6.45) is 2.20. The van der Waals surface area contributed by atoms with E-state index in [2.05, 4.69) is 10.6 Å². The number of hydrogen-bond acceptors (Lipinski definition) is 4. The molecule has 150 valence electrons. The van der Waals surface area contributed by atoms with Crippen LogP contribution in [-0.2, 0) is 11.3 Å². The van der Waals surface area contributed by atoms with Crippen LogP contribution in [0.2, 0.25) is 0 Å². The summed E-state index contributed by atoms with van der Waals surface area (Å²) in [4.78, 5) is 23.8. The van der Waals surface area contributed by atoms with Crippen molar-refractivity contribution < 1.29 is 23.1 Å². The predicted molar refractivity (Wildman–Crippen MR) is 106 cm³/mol. The number of rotatable bonds is 9. The van der Waals surface area contributed by atoms with Gasteiger partial charge in [-0.05, 0) is 48.4 Å². The van der Waals surface area contributed by atoms with Crippen molar-refractivity contribution in [2.45, 2.75) is 19.4 Å². The topological polar surface area (TPSA) is 80.6 Å². The van der Waals surface area contributed by atoms with E-state index in [0.717, 1.165) is 5.56 Å². The molecule has 29 heavy (non-hydrogen) atoms. The lowest BCUT2D eigenvalue weighted by Gasteiger charge is -2.08. The van der Waals surface area contributed by atoms with Gasteiger partial charge in [0.15, 0.2) is 17.3 Å². The monoisotopic (exact) mass is 396 g/mol. The number of ether oxygens (including phenoxy) is 1. The molecule has 0 fully saturated rings. The first-order chi connectivity index (χ1) is 14.1. The number of nitrogens with one attached hydrogen (secondary N) is 2. The van der Waals surface area contributed by atoms with Gasteiger partial charge in [0.05, 0.1) is 12.9 Å². The molecule has 1 heterocycles. The Bertz CT molecular complexity index is 940. The molecule has 0 radical (unpaired) electrons. The molecule has 3 rings (SSSR count). The van der Waals surface area contributed by atoms with Gasteiger partial charge in [0.2, 0.25) is 5.91 Å². The molecule has 0 aliphatic heterocycles. The van der Waals surface area contributed by atoms with Crippen molar-refractivity contribution in [1.82, 2.24) is 5.32 Å². The lowest BCUT2D eigenvalue weighted by atomic mass is 10.2. The minimum absolute atomic E-state index is 0.114. The SMILES string of the molecule is O=C(CCCOc1ccccc1F)NCc1ccc(NC(=O)c2ccco2)cc1. The normalized spacial score (nSPS) is 10.4. The molecule has 1 aromatic heterocycles. The van der Waals surface area contributed by atoms with E-state index in [1.54, 1.807) is 42.5 Å². The number of halogens is 1. The van der Waals surface area contributed by atoms with Crippen molar-refractivity contribution in [3.8, 4) is 5.75 Å². The summed E-state index contributed by atoms with van der Waals surface area (Å²) in [6.45, 7) is 0.637. The Kier molecular flexibility index (Phi) is 7.00. The molecule has 0 bridgehead atoms. The quantitative estimate of drug-likeness (QED) is 0.533. The van der Waals surface area contributed by atoms with E-state index in [-0.39, 0.29) is 36.4 Å². The zero-order valence-corrected chi connectivity index (χ0v) is 15.7. The summed E-state index contributed by atoms with van der Waals surface area (Å²) in [5, 5.41) is 5.55. The van der Waals surface area contributed by atoms with Crippen LogP contribution in [0.15, 0.2) is 71.3 Å². The molecule has 0 saturated heterocycles. The molecule has 2 aromatic carbocycles. The van der Waals surface area contributed by atoms with E-state index in [4.69, 9.17) is 9.15 Å². The minimum Gasteiger partial charge on any atom is -0.491 e. The number of amides is 2. The Balaban J connectivity index is 1.35. The fourth-order valence-electron chi connectivity index (χ4n) is 2.57. The number of benzene rings is 2. The first-order valence-electron chi connectivity index (χ1n) is 9.19. The van der Waals surface area contributed by atoms with Crippen molar-refractivity contribution in [2.24, 2.45) is 0 Å². The van der Waals surface area contributed by atoms with E-state index >= 15 is 0 Å². The molecular formula is C22H21FN2O4. The number of anilines is 1. The van der Waals surface area contributed by atoms with Crippen LogP contribution < -0.4 is 15.4 Å². The first-order valence-corrected chi connectivity index (χ1v) is 9.19. The van der Waals surface area contributed by atoms with Gasteiger partial charge in [-0.3, -0.25) is 9.59 Å². The zero-order valence-electron chi connectivity index (χ0n) is 15.7. The van der Waals surface area contributed by atoms with Crippen LogP contribution in [0.1, 0.15) is 29.0 Å². The number of carbonyl (C=O) groups is 2. The fraction of sp³-hybridized carbons (Fsp3) is 0.182. The molecule has 0 unspecified atom stereocenters. The first kappa shape index (κ1) is 20.1. The third-order valence-electron chi connectivity index (χ3n) is 4.09. The Morgan fingerprint density at radius 2 is 1.79 bits per heavy atom. The number of para-hydroxylation sites is 1. The highest BCUT2D eigenvalue weighted by atomic mass is 19.1. The second-order valence-corrected chi connectivity index (χ2v) is 6.29. The van der Waals surface area contributed by atoms with E-state index < -0.39 is 5.82 Å². The van der Waals surface area contributed by atoms with Gasteiger partial charge in [-0.25, -0.2) is 4.39 Å². The van der Waals surface area contributed by atoms with Crippen molar-refractivity contribution in [1.29, 1.82) is 0 Å². The molecule has 0 atom stereocenters. The molecule has 2 N–H and O–H groups in total. The maximum Gasteiger partial charge on any atom is 0.291 e. The zero-order chi connectivity index (χ0) is 20.5. The Labute approximate surface area is 167 Å². The predicted octanol–water partition coefficient (Wildman–Crippen LogP) is 4.15. The van der Waals surface area contributed by atoms with E-state index in [1.807, 2.05) is 12.1 Å². The molecule has 0 saturated carbocycles. The van der Waals surface area contributed by atoms with Gasteiger partial charge in [0.1, 0.15) is 0 Å². The maximum absolute atomic E-state index is 13.4. The Morgan fingerprint density at radius 1 is 1.00 bits per heavy atom. The van der Waals surface area contributed by atoms with Crippen LogP contribution >= 0.6 is 0 Å². The van der Waals surface area contributed by atoms with Crippen LogP contribution in [0, 0.1) is 5.82 Å². The highest BCUT2D eigenvalue weighted by molar-refractivity contribution is 6.02. The standard InChI is InChI=1S/C22H21FN2O4/c23-18-5-1-2-6-19(18)28-14-4-8-21(26)24-15-16-9-11-17(12-10-16)25-22(27)20-7-3-13-29-20/h1-3,5-7,9-13H,4,8,14-15H2,(H,24,26)(H,25,27). The van der Waals surface area contributed by atoms with Gasteiger partial charge in [0.25, 0.3) is 5.91 Å². The van der Waals surface area contributed by atoms with Crippen LogP contribution in [0.3, 0.4) is 0 Å². The van der Waals surface area contributed by atoms with Crippen LogP contribution in [0.25, 0.3) is 0 Å². The summed E-state index contributed by atoms with van der Waals surface area (Å²) < 4.78 is 23.8. The number of carbonyl (C=O) groups excluding carboxylic acids is 2. The van der Waals surface area contributed by atoms with Crippen molar-refractivity contribution in [3.63, 3.8) is 0 Å². The molecule has 0 aliphatic carbocycles. The Morgan fingerprint density at radius 3 is 2.52 bits per heavy atom. The lowest BCUT2D eigenvalue weighted by molar-refractivity contribution is -0.121. The van der Waals surface area contributed by atoms with Crippen LogP contribution in [0.5, 0.6) is 5.75 Å². The molecule has 6 nitrogen and oxygen atoms in total.